The Morgan fingerprint density at radius 1 is 1.06 bits per heavy atom. The van der Waals surface area contributed by atoms with Crippen LogP contribution in [0.1, 0.15) is 19.3 Å². The van der Waals surface area contributed by atoms with Gasteiger partial charge in [-0.25, -0.2) is 0 Å². The maximum atomic E-state index is 11.0. The van der Waals surface area contributed by atoms with E-state index in [4.69, 9.17) is 19.7 Å². The summed E-state index contributed by atoms with van der Waals surface area (Å²) in [5.74, 6) is -4.76. The molecular formula is C10H14O6. The van der Waals surface area contributed by atoms with Gasteiger partial charge in [-0.15, -0.1) is 0 Å². The van der Waals surface area contributed by atoms with Gasteiger partial charge in [0, 0.05) is 12.8 Å². The molecule has 2 rings (SSSR count). The molecular weight excluding hydrogens is 216 g/mol. The summed E-state index contributed by atoms with van der Waals surface area (Å²) in [5.41, 5.74) is 0. The van der Waals surface area contributed by atoms with Crippen LogP contribution in [-0.4, -0.2) is 41.2 Å². The number of hydrogen-bond donors (Lipinski definition) is 2. The van der Waals surface area contributed by atoms with Crippen molar-refractivity contribution < 1.29 is 29.3 Å². The van der Waals surface area contributed by atoms with Gasteiger partial charge in [-0.2, -0.15) is 0 Å². The average Bonchev–Trinajstić information content (AvgIpc) is 2.66. The van der Waals surface area contributed by atoms with E-state index in [2.05, 4.69) is 0 Å². The van der Waals surface area contributed by atoms with E-state index in [0.29, 0.717) is 19.6 Å². The highest BCUT2D eigenvalue weighted by Gasteiger charge is 2.49. The fourth-order valence-electron chi connectivity index (χ4n) is 2.47. The zero-order valence-electron chi connectivity index (χ0n) is 8.72. The van der Waals surface area contributed by atoms with E-state index in [1.807, 2.05) is 0 Å². The van der Waals surface area contributed by atoms with Crippen LogP contribution in [0.25, 0.3) is 0 Å². The lowest BCUT2D eigenvalue weighted by Gasteiger charge is -2.37. The molecule has 2 atom stereocenters. The molecule has 6 heteroatoms. The van der Waals surface area contributed by atoms with Crippen molar-refractivity contribution in [3.05, 3.63) is 0 Å². The molecule has 1 saturated carbocycles. The van der Waals surface area contributed by atoms with Crippen LogP contribution in [0.2, 0.25) is 0 Å². The van der Waals surface area contributed by atoms with E-state index < -0.39 is 29.6 Å². The van der Waals surface area contributed by atoms with E-state index in [9.17, 15) is 9.59 Å². The Kier molecular flexibility index (Phi) is 2.86. The zero-order valence-corrected chi connectivity index (χ0v) is 8.72. The molecule has 1 saturated heterocycles. The zero-order chi connectivity index (χ0) is 11.8. The lowest BCUT2D eigenvalue weighted by molar-refractivity contribution is -0.204. The van der Waals surface area contributed by atoms with Crippen molar-refractivity contribution in [1.29, 1.82) is 0 Å². The first-order valence-electron chi connectivity index (χ1n) is 5.28. The second kappa shape index (κ2) is 4.03. The summed E-state index contributed by atoms with van der Waals surface area (Å²) in [6.07, 6.45) is 0.860. The monoisotopic (exact) mass is 230 g/mol. The highest BCUT2D eigenvalue weighted by atomic mass is 16.7. The number of carbonyl (C=O) groups is 2. The van der Waals surface area contributed by atoms with Crippen molar-refractivity contribution >= 4 is 11.9 Å². The molecule has 0 radical (unpaired) electrons. The molecule has 2 N–H and O–H groups in total. The second-order valence-corrected chi connectivity index (χ2v) is 4.24. The van der Waals surface area contributed by atoms with Gasteiger partial charge in [0.25, 0.3) is 0 Å². The van der Waals surface area contributed by atoms with Crippen molar-refractivity contribution in [2.45, 2.75) is 25.0 Å². The molecule has 2 fully saturated rings. The Morgan fingerprint density at radius 3 is 2.12 bits per heavy atom. The van der Waals surface area contributed by atoms with Gasteiger partial charge in [0.05, 0.1) is 25.0 Å². The third kappa shape index (κ3) is 1.90. The van der Waals surface area contributed by atoms with Gasteiger partial charge < -0.3 is 19.7 Å². The van der Waals surface area contributed by atoms with Gasteiger partial charge in [-0.05, 0) is 6.42 Å². The minimum Gasteiger partial charge on any atom is -0.481 e. The highest BCUT2D eigenvalue weighted by molar-refractivity contribution is 5.80. The van der Waals surface area contributed by atoms with Crippen molar-refractivity contribution in [1.82, 2.24) is 0 Å². The van der Waals surface area contributed by atoms with Crippen LogP contribution < -0.4 is 0 Å². The van der Waals surface area contributed by atoms with Gasteiger partial charge in [0.1, 0.15) is 0 Å². The second-order valence-electron chi connectivity index (χ2n) is 4.24. The number of rotatable bonds is 2. The lowest BCUT2D eigenvalue weighted by Crippen LogP contribution is -2.45. The Balaban J connectivity index is 2.14. The van der Waals surface area contributed by atoms with E-state index in [-0.39, 0.29) is 12.8 Å². The first-order chi connectivity index (χ1) is 7.54. The molecule has 0 aromatic carbocycles. The normalized spacial score (nSPS) is 32.8. The number of carboxylic acid groups (broad SMARTS) is 2. The summed E-state index contributed by atoms with van der Waals surface area (Å²) in [6.45, 7) is 0.897. The van der Waals surface area contributed by atoms with Crippen molar-refractivity contribution in [3.63, 3.8) is 0 Å². The van der Waals surface area contributed by atoms with Crippen molar-refractivity contribution in [2.75, 3.05) is 13.2 Å². The fraction of sp³-hybridized carbons (Fsp3) is 0.800. The Labute approximate surface area is 92.2 Å². The van der Waals surface area contributed by atoms with Crippen LogP contribution in [0.5, 0.6) is 0 Å². The van der Waals surface area contributed by atoms with E-state index >= 15 is 0 Å². The molecule has 1 spiro atoms. The summed E-state index contributed by atoms with van der Waals surface area (Å²) in [4.78, 5) is 22.0. The summed E-state index contributed by atoms with van der Waals surface area (Å²) in [5, 5.41) is 18.0. The first-order valence-corrected chi connectivity index (χ1v) is 5.28. The summed E-state index contributed by atoms with van der Waals surface area (Å²) in [6, 6.07) is 0. The standard InChI is InChI=1S/C10H14O6/c11-8(12)6-1-2-10(15-3-4-16-10)5-7(6)9(13)14/h6-7H,1-5H2,(H,11,12)(H,13,14). The maximum Gasteiger partial charge on any atom is 0.307 e. The molecule has 1 aliphatic carbocycles. The number of ether oxygens (including phenoxy) is 2. The molecule has 16 heavy (non-hydrogen) atoms. The predicted octanol–water partition coefficient (Wildman–Crippen LogP) is 0.315. The van der Waals surface area contributed by atoms with Crippen LogP contribution in [0.15, 0.2) is 0 Å². The topological polar surface area (TPSA) is 93.1 Å². The SMILES string of the molecule is O=C(O)C1CCC2(CC1C(=O)O)OCCO2. The average molecular weight is 230 g/mol. The van der Waals surface area contributed by atoms with Gasteiger partial charge in [0.15, 0.2) is 5.79 Å². The maximum absolute atomic E-state index is 11.0. The van der Waals surface area contributed by atoms with Crippen molar-refractivity contribution in [2.24, 2.45) is 11.8 Å². The van der Waals surface area contributed by atoms with Crippen LogP contribution in [0, 0.1) is 11.8 Å². The molecule has 0 aromatic heterocycles. The molecule has 0 amide bonds. The van der Waals surface area contributed by atoms with E-state index in [1.165, 1.54) is 0 Å². The Morgan fingerprint density at radius 2 is 1.62 bits per heavy atom. The van der Waals surface area contributed by atoms with E-state index in [0.717, 1.165) is 0 Å². The molecule has 2 unspecified atom stereocenters. The minimum absolute atomic E-state index is 0.124. The molecule has 90 valence electrons. The summed E-state index contributed by atoms with van der Waals surface area (Å²) < 4.78 is 10.8. The highest BCUT2D eigenvalue weighted by Crippen LogP contribution is 2.41. The number of carboxylic acids is 2. The lowest BCUT2D eigenvalue weighted by atomic mass is 9.76. The minimum atomic E-state index is -1.09. The molecule has 1 aliphatic heterocycles. The van der Waals surface area contributed by atoms with Crippen LogP contribution in [0.4, 0.5) is 0 Å². The third-order valence-corrected chi connectivity index (χ3v) is 3.30. The Bertz CT molecular complexity index is 306. The van der Waals surface area contributed by atoms with E-state index in [1.54, 1.807) is 0 Å². The number of hydrogen-bond acceptors (Lipinski definition) is 4. The molecule has 0 aromatic rings. The summed E-state index contributed by atoms with van der Waals surface area (Å²) in [7, 11) is 0. The Hall–Kier alpha value is -1.14. The van der Waals surface area contributed by atoms with Gasteiger partial charge >= 0.3 is 11.9 Å². The smallest absolute Gasteiger partial charge is 0.307 e. The first kappa shape index (κ1) is 11.3. The predicted molar refractivity (Wildman–Crippen MR) is 50.7 cm³/mol. The molecule has 0 bridgehead atoms. The molecule has 6 nitrogen and oxygen atoms in total. The van der Waals surface area contributed by atoms with Crippen LogP contribution in [-0.2, 0) is 19.1 Å². The third-order valence-electron chi connectivity index (χ3n) is 3.30. The summed E-state index contributed by atoms with van der Waals surface area (Å²) >= 11 is 0. The quantitative estimate of drug-likeness (QED) is 0.709. The van der Waals surface area contributed by atoms with Crippen LogP contribution in [0.3, 0.4) is 0 Å². The fourth-order valence-corrected chi connectivity index (χ4v) is 2.47. The van der Waals surface area contributed by atoms with Gasteiger partial charge in [-0.1, -0.05) is 0 Å². The van der Waals surface area contributed by atoms with Crippen LogP contribution >= 0.6 is 0 Å². The van der Waals surface area contributed by atoms with Crippen molar-refractivity contribution in [3.8, 4) is 0 Å². The van der Waals surface area contributed by atoms with Gasteiger partial charge in [0.2, 0.25) is 0 Å². The largest absolute Gasteiger partial charge is 0.481 e. The molecule has 2 aliphatic rings. The van der Waals surface area contributed by atoms with Gasteiger partial charge in [-0.3, -0.25) is 9.59 Å². The molecule has 1 heterocycles. The number of aliphatic carboxylic acids is 2.